The Labute approximate surface area is 158 Å². The lowest BCUT2D eigenvalue weighted by atomic mass is 10.1. The zero-order valence-electron chi connectivity index (χ0n) is 16.0. The molecule has 0 radical (unpaired) electrons. The molecule has 2 atom stereocenters. The van der Waals surface area contributed by atoms with E-state index < -0.39 is 0 Å². The Balaban J connectivity index is 1.19. The highest BCUT2D eigenvalue weighted by molar-refractivity contribution is 5.46. The fourth-order valence-electron chi connectivity index (χ4n) is 4.79. The van der Waals surface area contributed by atoms with Crippen LogP contribution in [-0.4, -0.2) is 97.4 Å². The van der Waals surface area contributed by atoms with Gasteiger partial charge in [-0.25, -0.2) is 0 Å². The molecule has 5 nitrogen and oxygen atoms in total. The first-order chi connectivity index (χ1) is 12.8. The normalized spacial score (nSPS) is 29.3. The summed E-state index contributed by atoms with van der Waals surface area (Å²) < 4.78 is 0. The van der Waals surface area contributed by atoms with Crippen LogP contribution in [0.25, 0.3) is 0 Å². The molecule has 3 heterocycles. The number of nitrogens with zero attached hydrogens (tertiary/aromatic N) is 4. The van der Waals surface area contributed by atoms with Crippen molar-refractivity contribution in [3.8, 4) is 0 Å². The number of piperidine rings is 1. The van der Waals surface area contributed by atoms with Gasteiger partial charge in [-0.2, -0.15) is 0 Å². The second kappa shape index (κ2) is 8.70. The number of rotatable bonds is 5. The number of aliphatic hydroxyl groups is 1. The quantitative estimate of drug-likeness (QED) is 0.859. The molecule has 0 aliphatic carbocycles. The highest BCUT2D eigenvalue weighted by Gasteiger charge is 2.35. The van der Waals surface area contributed by atoms with Crippen molar-refractivity contribution in [3.05, 3.63) is 30.3 Å². The van der Waals surface area contributed by atoms with Gasteiger partial charge in [0.15, 0.2) is 0 Å². The van der Waals surface area contributed by atoms with Gasteiger partial charge in [0.1, 0.15) is 0 Å². The summed E-state index contributed by atoms with van der Waals surface area (Å²) in [5, 5.41) is 10.5. The van der Waals surface area contributed by atoms with Gasteiger partial charge >= 0.3 is 0 Å². The molecule has 3 saturated heterocycles. The van der Waals surface area contributed by atoms with E-state index in [0.29, 0.717) is 6.04 Å². The van der Waals surface area contributed by atoms with Gasteiger partial charge in [0.25, 0.3) is 0 Å². The molecule has 26 heavy (non-hydrogen) atoms. The van der Waals surface area contributed by atoms with Crippen LogP contribution in [0.4, 0.5) is 5.69 Å². The van der Waals surface area contributed by atoms with Crippen LogP contribution in [0.15, 0.2) is 30.3 Å². The number of para-hydroxylation sites is 1. The van der Waals surface area contributed by atoms with Gasteiger partial charge in [-0.3, -0.25) is 14.7 Å². The number of hydrogen-bond donors (Lipinski definition) is 1. The molecule has 0 amide bonds. The van der Waals surface area contributed by atoms with Crippen molar-refractivity contribution < 1.29 is 5.11 Å². The van der Waals surface area contributed by atoms with Crippen LogP contribution in [-0.2, 0) is 0 Å². The largest absolute Gasteiger partial charge is 0.390 e. The zero-order chi connectivity index (χ0) is 17.8. The molecule has 1 aromatic carbocycles. The topological polar surface area (TPSA) is 33.2 Å². The van der Waals surface area contributed by atoms with E-state index in [0.717, 1.165) is 52.4 Å². The van der Waals surface area contributed by atoms with Crippen molar-refractivity contribution >= 4 is 5.69 Å². The minimum atomic E-state index is -0.164. The number of benzene rings is 1. The smallest absolute Gasteiger partial charge is 0.0834 e. The highest BCUT2D eigenvalue weighted by atomic mass is 16.3. The molecule has 144 valence electrons. The summed E-state index contributed by atoms with van der Waals surface area (Å²) in [4.78, 5) is 10.1. The van der Waals surface area contributed by atoms with Gasteiger partial charge in [-0.15, -0.1) is 0 Å². The predicted octanol–water partition coefficient (Wildman–Crippen LogP) is 1.34. The summed E-state index contributed by atoms with van der Waals surface area (Å²) in [7, 11) is 0. The molecule has 3 aliphatic heterocycles. The molecule has 5 heteroatoms. The van der Waals surface area contributed by atoms with Gasteiger partial charge in [-0.1, -0.05) is 24.6 Å². The Hall–Kier alpha value is -1.14. The molecule has 0 bridgehead atoms. The van der Waals surface area contributed by atoms with E-state index >= 15 is 0 Å². The molecule has 4 rings (SSSR count). The Morgan fingerprint density at radius 1 is 0.769 bits per heavy atom. The lowest BCUT2D eigenvalue weighted by Crippen LogP contribution is -2.48. The number of hydrogen-bond acceptors (Lipinski definition) is 5. The summed E-state index contributed by atoms with van der Waals surface area (Å²) in [5.41, 5.74) is 1.35. The average Bonchev–Trinajstić information content (AvgIpc) is 3.09. The van der Waals surface area contributed by atoms with Gasteiger partial charge in [0.2, 0.25) is 0 Å². The van der Waals surface area contributed by atoms with Crippen LogP contribution < -0.4 is 4.90 Å². The van der Waals surface area contributed by atoms with E-state index in [-0.39, 0.29) is 6.10 Å². The van der Waals surface area contributed by atoms with Crippen LogP contribution in [0.5, 0.6) is 0 Å². The Morgan fingerprint density at radius 3 is 2.19 bits per heavy atom. The monoisotopic (exact) mass is 358 g/mol. The summed E-state index contributed by atoms with van der Waals surface area (Å²) in [6.07, 6.45) is 3.80. The second-order valence-corrected chi connectivity index (χ2v) is 8.16. The first-order valence-electron chi connectivity index (χ1n) is 10.5. The van der Waals surface area contributed by atoms with Crippen LogP contribution in [0, 0.1) is 0 Å². The maximum absolute atomic E-state index is 10.5. The Bertz CT molecular complexity index is 540. The number of piperazine rings is 1. The van der Waals surface area contributed by atoms with Crippen molar-refractivity contribution in [2.24, 2.45) is 0 Å². The standard InChI is InChI=1S/C21H34N4O/c26-21-18-23(17-20(21)25-9-5-2-6-10-25)12-11-22-13-15-24(16-14-22)19-7-3-1-4-8-19/h1,3-4,7-8,20-21,26H,2,5-6,9-18H2/t20-,21-/m1/s1. The fraction of sp³-hybridized carbons (Fsp3) is 0.714. The molecule has 0 aromatic heterocycles. The number of likely N-dealkylation sites (tertiary alicyclic amines) is 2. The number of aliphatic hydroxyl groups excluding tert-OH is 1. The summed E-state index contributed by atoms with van der Waals surface area (Å²) >= 11 is 0. The van der Waals surface area contributed by atoms with Crippen LogP contribution in [0.3, 0.4) is 0 Å². The molecular weight excluding hydrogens is 324 g/mol. The average molecular weight is 359 g/mol. The van der Waals surface area contributed by atoms with E-state index in [1.807, 2.05) is 0 Å². The summed E-state index contributed by atoms with van der Waals surface area (Å²) in [6.45, 7) is 11.0. The Kier molecular flexibility index (Phi) is 6.10. The van der Waals surface area contributed by atoms with Crippen molar-refractivity contribution in [1.29, 1.82) is 0 Å². The van der Waals surface area contributed by atoms with E-state index in [4.69, 9.17) is 0 Å². The zero-order valence-corrected chi connectivity index (χ0v) is 16.0. The minimum Gasteiger partial charge on any atom is -0.390 e. The highest BCUT2D eigenvalue weighted by Crippen LogP contribution is 2.21. The molecule has 0 saturated carbocycles. The van der Waals surface area contributed by atoms with Crippen molar-refractivity contribution in [3.63, 3.8) is 0 Å². The summed E-state index contributed by atoms with van der Waals surface area (Å²) in [5.74, 6) is 0. The molecular formula is C21H34N4O. The fourth-order valence-corrected chi connectivity index (χ4v) is 4.79. The summed E-state index contributed by atoms with van der Waals surface area (Å²) in [6, 6.07) is 11.1. The van der Waals surface area contributed by atoms with Crippen molar-refractivity contribution in [1.82, 2.24) is 14.7 Å². The van der Waals surface area contributed by atoms with E-state index in [1.54, 1.807) is 0 Å². The minimum absolute atomic E-state index is 0.164. The van der Waals surface area contributed by atoms with E-state index in [9.17, 15) is 5.11 Å². The van der Waals surface area contributed by atoms with Gasteiger partial charge in [0.05, 0.1) is 6.10 Å². The third-order valence-electron chi connectivity index (χ3n) is 6.42. The van der Waals surface area contributed by atoms with Crippen LogP contribution >= 0.6 is 0 Å². The maximum Gasteiger partial charge on any atom is 0.0834 e. The van der Waals surface area contributed by atoms with Crippen molar-refractivity contribution in [2.75, 3.05) is 70.3 Å². The first-order valence-corrected chi connectivity index (χ1v) is 10.5. The lowest BCUT2D eigenvalue weighted by molar-refractivity contribution is 0.0705. The van der Waals surface area contributed by atoms with Gasteiger partial charge in [-0.05, 0) is 38.1 Å². The van der Waals surface area contributed by atoms with E-state index in [1.165, 1.54) is 38.0 Å². The molecule has 3 aliphatic rings. The van der Waals surface area contributed by atoms with E-state index in [2.05, 4.69) is 49.9 Å². The van der Waals surface area contributed by atoms with Gasteiger partial charge < -0.3 is 10.0 Å². The molecule has 0 unspecified atom stereocenters. The predicted molar refractivity (Wildman–Crippen MR) is 107 cm³/mol. The first kappa shape index (κ1) is 18.2. The molecule has 1 aromatic rings. The molecule has 3 fully saturated rings. The molecule has 1 N–H and O–H groups in total. The SMILES string of the molecule is O[C@@H]1CN(CCN2CCN(c3ccccc3)CC2)C[C@H]1N1CCCCC1. The van der Waals surface area contributed by atoms with Gasteiger partial charge in [0, 0.05) is 64.1 Å². The molecule has 0 spiro atoms. The maximum atomic E-state index is 10.5. The Morgan fingerprint density at radius 2 is 1.46 bits per heavy atom. The van der Waals surface area contributed by atoms with Crippen LogP contribution in [0.1, 0.15) is 19.3 Å². The number of β-amino-alcohol motifs (C(OH)–C–C–N with tert-alkyl or cyclic N) is 1. The second-order valence-electron chi connectivity index (χ2n) is 8.16. The van der Waals surface area contributed by atoms with Crippen molar-refractivity contribution in [2.45, 2.75) is 31.4 Å². The lowest BCUT2D eigenvalue weighted by Gasteiger charge is -2.37. The third kappa shape index (κ3) is 4.39. The van der Waals surface area contributed by atoms with Crippen LogP contribution in [0.2, 0.25) is 0 Å². The third-order valence-corrected chi connectivity index (χ3v) is 6.42. The number of anilines is 1.